The van der Waals surface area contributed by atoms with Crippen LogP contribution in [0.4, 0.5) is 5.69 Å². The van der Waals surface area contributed by atoms with Crippen molar-refractivity contribution >= 4 is 11.6 Å². The first-order valence-corrected chi connectivity index (χ1v) is 7.60. The average Bonchev–Trinajstić information content (AvgIpc) is 2.97. The summed E-state index contributed by atoms with van der Waals surface area (Å²) in [7, 11) is 0. The maximum absolute atomic E-state index is 11.9. The molecule has 0 aliphatic carbocycles. The van der Waals surface area contributed by atoms with E-state index in [4.69, 9.17) is 0 Å². The summed E-state index contributed by atoms with van der Waals surface area (Å²) in [5, 5.41) is 6.28. The van der Waals surface area contributed by atoms with Crippen molar-refractivity contribution in [2.75, 3.05) is 31.5 Å². The van der Waals surface area contributed by atoms with Crippen molar-refractivity contribution in [1.82, 2.24) is 10.2 Å². The lowest BCUT2D eigenvalue weighted by molar-refractivity contribution is -0.116. The molecule has 4 nitrogen and oxygen atoms in total. The summed E-state index contributed by atoms with van der Waals surface area (Å²) in [5.41, 5.74) is 2.09. The van der Waals surface area contributed by atoms with E-state index >= 15 is 0 Å². The van der Waals surface area contributed by atoms with E-state index in [1.54, 1.807) is 0 Å². The van der Waals surface area contributed by atoms with Crippen LogP contribution in [0.1, 0.15) is 31.7 Å². The Balaban J connectivity index is 1.77. The number of carbonyl (C=O) groups excluding carboxylic acids is 1. The molecule has 1 aromatic carbocycles. The van der Waals surface area contributed by atoms with Crippen LogP contribution in [0.2, 0.25) is 0 Å². The molecule has 1 aliphatic rings. The van der Waals surface area contributed by atoms with E-state index in [-0.39, 0.29) is 5.91 Å². The molecule has 1 heterocycles. The third-order valence-electron chi connectivity index (χ3n) is 3.64. The van der Waals surface area contributed by atoms with E-state index in [2.05, 4.69) is 28.5 Å². The molecule has 2 N–H and O–H groups in total. The first kappa shape index (κ1) is 15.0. The average molecular weight is 275 g/mol. The minimum absolute atomic E-state index is 0.109. The minimum Gasteiger partial charge on any atom is -0.326 e. The molecule has 0 atom stereocenters. The van der Waals surface area contributed by atoms with Gasteiger partial charge in [0.2, 0.25) is 5.91 Å². The predicted molar refractivity (Wildman–Crippen MR) is 82.7 cm³/mol. The van der Waals surface area contributed by atoms with E-state index in [9.17, 15) is 4.79 Å². The van der Waals surface area contributed by atoms with Crippen LogP contribution in [0.3, 0.4) is 0 Å². The number of benzene rings is 1. The summed E-state index contributed by atoms with van der Waals surface area (Å²) in [4.78, 5) is 14.3. The van der Waals surface area contributed by atoms with Crippen LogP contribution >= 0.6 is 0 Å². The molecule has 1 saturated heterocycles. The van der Waals surface area contributed by atoms with Crippen LogP contribution in [0.25, 0.3) is 0 Å². The molecule has 0 saturated carbocycles. The van der Waals surface area contributed by atoms with Gasteiger partial charge < -0.3 is 15.5 Å². The maximum atomic E-state index is 11.9. The molecule has 0 aromatic heterocycles. The molecule has 0 bridgehead atoms. The van der Waals surface area contributed by atoms with Crippen molar-refractivity contribution in [2.45, 2.75) is 32.7 Å². The highest BCUT2D eigenvalue weighted by Gasteiger charge is 2.12. The monoisotopic (exact) mass is 275 g/mol. The standard InChI is InChI=1S/C16H25N3O/c1-2-17-13-14-6-5-7-15(12-14)18-16(20)8-11-19-9-3-4-10-19/h5-7,12,17H,2-4,8-11,13H2,1H3,(H,18,20). The minimum atomic E-state index is 0.109. The molecule has 4 heteroatoms. The first-order chi connectivity index (χ1) is 9.78. The Hall–Kier alpha value is -1.39. The molecule has 110 valence electrons. The largest absolute Gasteiger partial charge is 0.326 e. The Bertz CT molecular complexity index is 427. The summed E-state index contributed by atoms with van der Waals surface area (Å²) in [5.74, 6) is 0.109. The summed E-state index contributed by atoms with van der Waals surface area (Å²) < 4.78 is 0. The molecule has 0 unspecified atom stereocenters. The number of hydrogen-bond acceptors (Lipinski definition) is 3. The number of anilines is 1. The zero-order valence-electron chi connectivity index (χ0n) is 12.3. The number of nitrogens with one attached hydrogen (secondary N) is 2. The second-order valence-electron chi connectivity index (χ2n) is 5.33. The lowest BCUT2D eigenvalue weighted by atomic mass is 10.2. The van der Waals surface area contributed by atoms with Crippen LogP contribution < -0.4 is 10.6 Å². The van der Waals surface area contributed by atoms with E-state index in [1.165, 1.54) is 18.4 Å². The predicted octanol–water partition coefficient (Wildman–Crippen LogP) is 2.22. The third-order valence-corrected chi connectivity index (χ3v) is 3.64. The van der Waals surface area contributed by atoms with Crippen LogP contribution in [-0.2, 0) is 11.3 Å². The van der Waals surface area contributed by atoms with E-state index in [0.29, 0.717) is 6.42 Å². The summed E-state index contributed by atoms with van der Waals surface area (Å²) >= 11 is 0. The van der Waals surface area contributed by atoms with Gasteiger partial charge in [0, 0.05) is 25.2 Å². The third kappa shape index (κ3) is 4.94. The van der Waals surface area contributed by atoms with Gasteiger partial charge >= 0.3 is 0 Å². The number of rotatable bonds is 7. The molecular formula is C16H25N3O. The lowest BCUT2D eigenvalue weighted by Crippen LogP contribution is -2.25. The highest BCUT2D eigenvalue weighted by molar-refractivity contribution is 5.90. The lowest BCUT2D eigenvalue weighted by Gasteiger charge is -2.14. The molecule has 1 amide bonds. The molecule has 0 radical (unpaired) electrons. The van der Waals surface area contributed by atoms with Gasteiger partial charge in [-0.25, -0.2) is 0 Å². The van der Waals surface area contributed by atoms with Crippen molar-refractivity contribution in [3.63, 3.8) is 0 Å². The van der Waals surface area contributed by atoms with Crippen molar-refractivity contribution in [3.8, 4) is 0 Å². The van der Waals surface area contributed by atoms with Gasteiger partial charge in [0.25, 0.3) is 0 Å². The molecule has 1 aliphatic heterocycles. The number of carbonyl (C=O) groups is 1. The Kier molecular flexibility index (Phi) is 6.02. The Morgan fingerprint density at radius 1 is 1.30 bits per heavy atom. The zero-order valence-corrected chi connectivity index (χ0v) is 12.3. The highest BCUT2D eigenvalue weighted by Crippen LogP contribution is 2.12. The SMILES string of the molecule is CCNCc1cccc(NC(=O)CCN2CCCC2)c1. The van der Waals surface area contributed by atoms with Gasteiger partial charge in [0.15, 0.2) is 0 Å². The molecule has 2 rings (SSSR count). The highest BCUT2D eigenvalue weighted by atomic mass is 16.1. The van der Waals surface area contributed by atoms with Crippen molar-refractivity contribution in [2.24, 2.45) is 0 Å². The van der Waals surface area contributed by atoms with Gasteiger partial charge in [-0.15, -0.1) is 0 Å². The molecule has 1 fully saturated rings. The van der Waals surface area contributed by atoms with Crippen LogP contribution in [0, 0.1) is 0 Å². The second kappa shape index (κ2) is 8.02. The second-order valence-corrected chi connectivity index (χ2v) is 5.33. The fourth-order valence-electron chi connectivity index (χ4n) is 2.52. The van der Waals surface area contributed by atoms with Gasteiger partial charge in [0.1, 0.15) is 0 Å². The fraction of sp³-hybridized carbons (Fsp3) is 0.562. The van der Waals surface area contributed by atoms with Crippen LogP contribution in [0.5, 0.6) is 0 Å². The Morgan fingerprint density at radius 2 is 2.10 bits per heavy atom. The zero-order chi connectivity index (χ0) is 14.2. The molecular weight excluding hydrogens is 250 g/mol. The number of hydrogen-bond donors (Lipinski definition) is 2. The molecule has 0 spiro atoms. The van der Waals surface area contributed by atoms with Gasteiger partial charge in [-0.1, -0.05) is 19.1 Å². The number of likely N-dealkylation sites (tertiary alicyclic amines) is 1. The quantitative estimate of drug-likeness (QED) is 0.802. The molecule has 1 aromatic rings. The molecule has 20 heavy (non-hydrogen) atoms. The van der Waals surface area contributed by atoms with Gasteiger partial charge in [-0.3, -0.25) is 4.79 Å². The van der Waals surface area contributed by atoms with Crippen molar-refractivity contribution in [3.05, 3.63) is 29.8 Å². The van der Waals surface area contributed by atoms with E-state index < -0.39 is 0 Å². The topological polar surface area (TPSA) is 44.4 Å². The smallest absolute Gasteiger partial charge is 0.225 e. The fourth-order valence-corrected chi connectivity index (χ4v) is 2.52. The van der Waals surface area contributed by atoms with Crippen LogP contribution in [0.15, 0.2) is 24.3 Å². The maximum Gasteiger partial charge on any atom is 0.225 e. The number of nitrogens with zero attached hydrogens (tertiary/aromatic N) is 1. The summed E-state index contributed by atoms with van der Waals surface area (Å²) in [6.45, 7) is 7.05. The van der Waals surface area contributed by atoms with Gasteiger partial charge in [0.05, 0.1) is 0 Å². The first-order valence-electron chi connectivity index (χ1n) is 7.60. The Morgan fingerprint density at radius 3 is 2.85 bits per heavy atom. The van der Waals surface area contributed by atoms with Crippen LogP contribution in [-0.4, -0.2) is 37.0 Å². The summed E-state index contributed by atoms with van der Waals surface area (Å²) in [6.07, 6.45) is 3.12. The van der Waals surface area contributed by atoms with E-state index in [1.807, 2.05) is 18.2 Å². The number of amides is 1. The Labute approximate surface area is 121 Å². The van der Waals surface area contributed by atoms with E-state index in [0.717, 1.165) is 38.4 Å². The van der Waals surface area contributed by atoms with Gasteiger partial charge in [-0.2, -0.15) is 0 Å². The normalized spacial score (nSPS) is 15.4. The van der Waals surface area contributed by atoms with Gasteiger partial charge in [-0.05, 0) is 50.2 Å². The van der Waals surface area contributed by atoms with Crippen molar-refractivity contribution in [1.29, 1.82) is 0 Å². The summed E-state index contributed by atoms with van der Waals surface area (Å²) in [6, 6.07) is 8.05. The van der Waals surface area contributed by atoms with Crippen molar-refractivity contribution < 1.29 is 4.79 Å².